The van der Waals surface area contributed by atoms with Crippen molar-refractivity contribution in [1.82, 2.24) is 9.29 Å². The smallest absolute Gasteiger partial charge is 0.214 e. The molecule has 0 bridgehead atoms. The third kappa shape index (κ3) is 4.89. The average Bonchev–Trinajstić information content (AvgIpc) is 3.16. The Balaban J connectivity index is 1.44. The molecule has 26 heavy (non-hydrogen) atoms. The topological polar surface area (TPSA) is 63.1 Å². The fraction of sp³-hybridized carbons (Fsp3) is 0.500. The van der Waals surface area contributed by atoms with E-state index in [1.54, 1.807) is 13.8 Å². The summed E-state index contributed by atoms with van der Waals surface area (Å²) in [4.78, 5) is 0. The molecular formula is C20H29N3O2S. The minimum atomic E-state index is -3.16. The summed E-state index contributed by atoms with van der Waals surface area (Å²) in [5.41, 5.74) is 2.28. The van der Waals surface area contributed by atoms with Gasteiger partial charge in [0.05, 0.1) is 5.25 Å². The van der Waals surface area contributed by atoms with Gasteiger partial charge in [0.25, 0.3) is 0 Å². The first-order chi connectivity index (χ1) is 12.4. The molecule has 1 heterocycles. The second kappa shape index (κ2) is 8.27. The highest BCUT2D eigenvalue weighted by molar-refractivity contribution is 7.90. The standard InChI is InChI=1S/C20H29N3O2S/c1-16(2)26(24,25)22-19-7-5-17(6-8-19)15-21-18-9-11-20(12-10-18)23-13-3-4-14-23/h3-4,9-14,16-17,19,21-22H,5-8,15H2,1-2H3. The van der Waals surface area contributed by atoms with Crippen molar-refractivity contribution in [1.29, 1.82) is 0 Å². The van der Waals surface area contributed by atoms with Crippen molar-refractivity contribution in [3.05, 3.63) is 48.8 Å². The fourth-order valence-electron chi connectivity index (χ4n) is 3.37. The highest BCUT2D eigenvalue weighted by atomic mass is 32.2. The molecule has 0 spiro atoms. The first-order valence-electron chi connectivity index (χ1n) is 9.42. The van der Waals surface area contributed by atoms with Crippen LogP contribution in [0.15, 0.2) is 48.8 Å². The van der Waals surface area contributed by atoms with E-state index in [2.05, 4.69) is 38.9 Å². The summed E-state index contributed by atoms with van der Waals surface area (Å²) in [5.74, 6) is 0.596. The van der Waals surface area contributed by atoms with Crippen LogP contribution in [-0.4, -0.2) is 30.8 Å². The number of aromatic nitrogens is 1. The van der Waals surface area contributed by atoms with Crippen molar-refractivity contribution in [3.63, 3.8) is 0 Å². The number of hydrogen-bond acceptors (Lipinski definition) is 3. The Hall–Kier alpha value is -1.79. The molecule has 6 heteroatoms. The lowest BCUT2D eigenvalue weighted by atomic mass is 9.86. The molecule has 0 aliphatic heterocycles. The number of sulfonamides is 1. The van der Waals surface area contributed by atoms with Crippen LogP contribution in [0.5, 0.6) is 0 Å². The van der Waals surface area contributed by atoms with Crippen molar-refractivity contribution < 1.29 is 8.42 Å². The maximum absolute atomic E-state index is 12.0. The predicted octanol–water partition coefficient (Wildman–Crippen LogP) is 3.78. The van der Waals surface area contributed by atoms with Gasteiger partial charge in [0, 0.05) is 36.4 Å². The predicted molar refractivity (Wildman–Crippen MR) is 107 cm³/mol. The Kier molecular flexibility index (Phi) is 6.04. The van der Waals surface area contributed by atoms with Crippen LogP contribution in [0.3, 0.4) is 0 Å². The maximum atomic E-state index is 12.0. The molecule has 5 nitrogen and oxygen atoms in total. The van der Waals surface area contributed by atoms with E-state index in [1.807, 2.05) is 24.5 Å². The van der Waals surface area contributed by atoms with Gasteiger partial charge >= 0.3 is 0 Å². The van der Waals surface area contributed by atoms with E-state index >= 15 is 0 Å². The highest BCUT2D eigenvalue weighted by Crippen LogP contribution is 2.25. The third-order valence-electron chi connectivity index (χ3n) is 5.16. The Bertz CT molecular complexity index is 775. The minimum Gasteiger partial charge on any atom is -0.385 e. The molecule has 2 N–H and O–H groups in total. The molecule has 1 fully saturated rings. The van der Waals surface area contributed by atoms with Crippen molar-refractivity contribution in [2.45, 2.75) is 50.8 Å². The average molecular weight is 376 g/mol. The number of benzene rings is 1. The minimum absolute atomic E-state index is 0.0968. The Labute approximate surface area is 156 Å². The molecule has 1 saturated carbocycles. The second-order valence-electron chi connectivity index (χ2n) is 7.45. The van der Waals surface area contributed by atoms with Crippen LogP contribution in [0, 0.1) is 5.92 Å². The number of nitrogens with one attached hydrogen (secondary N) is 2. The van der Waals surface area contributed by atoms with Gasteiger partial charge < -0.3 is 9.88 Å². The zero-order valence-electron chi connectivity index (χ0n) is 15.6. The second-order valence-corrected chi connectivity index (χ2v) is 9.72. The van der Waals surface area contributed by atoms with E-state index in [4.69, 9.17) is 0 Å². The molecule has 1 aliphatic carbocycles. The van der Waals surface area contributed by atoms with Gasteiger partial charge in [-0.15, -0.1) is 0 Å². The van der Waals surface area contributed by atoms with Gasteiger partial charge in [-0.3, -0.25) is 0 Å². The first-order valence-corrected chi connectivity index (χ1v) is 11.0. The highest BCUT2D eigenvalue weighted by Gasteiger charge is 2.26. The Morgan fingerprint density at radius 2 is 1.65 bits per heavy atom. The summed E-state index contributed by atoms with van der Waals surface area (Å²) >= 11 is 0. The number of nitrogens with zero attached hydrogens (tertiary/aromatic N) is 1. The van der Waals surface area contributed by atoms with Gasteiger partial charge in [0.15, 0.2) is 0 Å². The Morgan fingerprint density at radius 1 is 1.04 bits per heavy atom. The largest absolute Gasteiger partial charge is 0.385 e. The molecule has 0 saturated heterocycles. The molecule has 1 aliphatic rings. The van der Waals surface area contributed by atoms with Crippen molar-refractivity contribution >= 4 is 15.7 Å². The van der Waals surface area contributed by atoms with Crippen molar-refractivity contribution in [2.24, 2.45) is 5.92 Å². The zero-order valence-corrected chi connectivity index (χ0v) is 16.4. The Morgan fingerprint density at radius 3 is 2.23 bits per heavy atom. The van der Waals surface area contributed by atoms with Crippen molar-refractivity contribution in [2.75, 3.05) is 11.9 Å². The van der Waals surface area contributed by atoms with E-state index in [-0.39, 0.29) is 11.3 Å². The van der Waals surface area contributed by atoms with Gasteiger partial charge in [0.2, 0.25) is 10.0 Å². The van der Waals surface area contributed by atoms with Gasteiger partial charge in [0.1, 0.15) is 0 Å². The summed E-state index contributed by atoms with van der Waals surface area (Å²) in [6.07, 6.45) is 8.03. The van der Waals surface area contributed by atoms with E-state index in [9.17, 15) is 8.42 Å². The molecule has 0 radical (unpaired) electrons. The van der Waals surface area contributed by atoms with Gasteiger partial charge in [-0.25, -0.2) is 13.1 Å². The molecular weight excluding hydrogens is 346 g/mol. The molecule has 1 aromatic carbocycles. The summed E-state index contributed by atoms with van der Waals surface area (Å²) in [7, 11) is -3.16. The van der Waals surface area contributed by atoms with E-state index in [1.165, 1.54) is 0 Å². The lowest BCUT2D eigenvalue weighted by Gasteiger charge is -2.29. The van der Waals surface area contributed by atoms with Crippen LogP contribution in [0.1, 0.15) is 39.5 Å². The normalized spacial score (nSPS) is 21.0. The van der Waals surface area contributed by atoms with Crippen LogP contribution in [0.2, 0.25) is 0 Å². The van der Waals surface area contributed by atoms with Crippen LogP contribution in [0.4, 0.5) is 5.69 Å². The van der Waals surface area contributed by atoms with Gasteiger partial charge in [-0.05, 0) is 81.8 Å². The maximum Gasteiger partial charge on any atom is 0.214 e. The lowest BCUT2D eigenvalue weighted by Crippen LogP contribution is -2.41. The molecule has 0 atom stereocenters. The number of rotatable bonds is 7. The summed E-state index contributed by atoms with van der Waals surface area (Å²) in [6, 6.07) is 12.6. The van der Waals surface area contributed by atoms with Crippen LogP contribution < -0.4 is 10.0 Å². The molecule has 142 valence electrons. The van der Waals surface area contributed by atoms with Crippen LogP contribution in [0.25, 0.3) is 5.69 Å². The molecule has 0 unspecified atom stereocenters. The molecule has 3 rings (SSSR count). The SMILES string of the molecule is CC(C)S(=O)(=O)NC1CCC(CNc2ccc(-n3cccc3)cc2)CC1. The quantitative estimate of drug-likeness (QED) is 0.774. The lowest BCUT2D eigenvalue weighted by molar-refractivity contribution is 0.323. The summed E-state index contributed by atoms with van der Waals surface area (Å²) in [5, 5.41) is 3.16. The summed E-state index contributed by atoms with van der Waals surface area (Å²) in [6.45, 7) is 4.38. The third-order valence-corrected chi connectivity index (χ3v) is 7.07. The van der Waals surface area contributed by atoms with Gasteiger partial charge in [-0.1, -0.05) is 0 Å². The van der Waals surface area contributed by atoms with E-state index < -0.39 is 10.0 Å². The molecule has 2 aromatic rings. The summed E-state index contributed by atoms with van der Waals surface area (Å²) < 4.78 is 28.9. The van der Waals surface area contributed by atoms with Crippen LogP contribution >= 0.6 is 0 Å². The number of hydrogen-bond donors (Lipinski definition) is 2. The van der Waals surface area contributed by atoms with Crippen LogP contribution in [-0.2, 0) is 10.0 Å². The van der Waals surface area contributed by atoms with E-state index in [0.29, 0.717) is 5.92 Å². The van der Waals surface area contributed by atoms with Crippen molar-refractivity contribution in [3.8, 4) is 5.69 Å². The fourth-order valence-corrected chi connectivity index (χ4v) is 4.35. The van der Waals surface area contributed by atoms with E-state index in [0.717, 1.165) is 43.6 Å². The zero-order chi connectivity index (χ0) is 18.6. The van der Waals surface area contributed by atoms with Gasteiger partial charge in [-0.2, -0.15) is 0 Å². The number of anilines is 1. The first kappa shape index (κ1) is 19.0. The molecule has 0 amide bonds. The monoisotopic (exact) mass is 375 g/mol. The molecule has 1 aromatic heterocycles.